The zero-order valence-electron chi connectivity index (χ0n) is 11.7. The van der Waals surface area contributed by atoms with Crippen molar-refractivity contribution in [3.8, 4) is 17.3 Å². The molecule has 0 radical (unpaired) electrons. The van der Waals surface area contributed by atoms with Crippen molar-refractivity contribution < 1.29 is 4.74 Å². The van der Waals surface area contributed by atoms with Crippen molar-refractivity contribution >= 4 is 0 Å². The predicted octanol–water partition coefficient (Wildman–Crippen LogP) is 3.69. The van der Waals surface area contributed by atoms with Crippen LogP contribution in [0.5, 0.6) is 6.01 Å². The number of methoxy groups -OCH3 is 1. The smallest absolute Gasteiger partial charge is 0.293 e. The molecule has 1 N–H and O–H groups in total. The molecule has 0 atom stereocenters. The van der Waals surface area contributed by atoms with Crippen LogP contribution < -0.4 is 4.74 Å². The van der Waals surface area contributed by atoms with Gasteiger partial charge in [0.15, 0.2) is 0 Å². The third kappa shape index (κ3) is 2.40. The molecule has 0 bridgehead atoms. The highest BCUT2D eigenvalue weighted by atomic mass is 16.5. The van der Waals surface area contributed by atoms with Gasteiger partial charge in [0.1, 0.15) is 0 Å². The molecule has 96 valence electrons. The number of nitrogens with zero attached hydrogens (tertiary/aromatic N) is 1. The van der Waals surface area contributed by atoms with Crippen molar-refractivity contribution in [1.29, 1.82) is 0 Å². The first kappa shape index (κ1) is 12.7. The van der Waals surface area contributed by atoms with Gasteiger partial charge in [0.25, 0.3) is 6.01 Å². The molecule has 1 aromatic heterocycles. The fraction of sp³-hybridized carbons (Fsp3) is 0.400. The summed E-state index contributed by atoms with van der Waals surface area (Å²) in [5.41, 5.74) is 4.87. The molecule has 2 rings (SSSR count). The van der Waals surface area contributed by atoms with Crippen LogP contribution in [0, 0.1) is 6.92 Å². The normalized spacial score (nSPS) is 11.6. The van der Waals surface area contributed by atoms with E-state index in [1.54, 1.807) is 7.11 Å². The molecule has 0 fully saturated rings. The summed E-state index contributed by atoms with van der Waals surface area (Å²) in [5, 5.41) is 0. The second-order valence-corrected chi connectivity index (χ2v) is 5.59. The van der Waals surface area contributed by atoms with Crippen LogP contribution in [0.1, 0.15) is 31.9 Å². The van der Waals surface area contributed by atoms with E-state index in [0.29, 0.717) is 6.01 Å². The Morgan fingerprint density at radius 3 is 2.50 bits per heavy atom. The molecule has 0 saturated carbocycles. The number of aromatic nitrogens is 2. The fourth-order valence-electron chi connectivity index (χ4n) is 1.92. The summed E-state index contributed by atoms with van der Waals surface area (Å²) in [5.74, 6) is 0. The molecule has 0 spiro atoms. The fourth-order valence-corrected chi connectivity index (χ4v) is 1.92. The van der Waals surface area contributed by atoms with Crippen molar-refractivity contribution in [2.75, 3.05) is 7.11 Å². The number of hydrogen-bond donors (Lipinski definition) is 1. The Morgan fingerprint density at radius 1 is 1.22 bits per heavy atom. The first-order valence-electron chi connectivity index (χ1n) is 6.12. The number of nitrogens with one attached hydrogen (secondary N) is 1. The lowest BCUT2D eigenvalue weighted by molar-refractivity contribution is 0.384. The summed E-state index contributed by atoms with van der Waals surface area (Å²) < 4.78 is 5.09. The van der Waals surface area contributed by atoms with Crippen molar-refractivity contribution in [2.45, 2.75) is 33.1 Å². The second-order valence-electron chi connectivity index (χ2n) is 5.59. The molecule has 0 aliphatic rings. The molecule has 2 aromatic rings. The highest BCUT2D eigenvalue weighted by Gasteiger charge is 2.16. The van der Waals surface area contributed by atoms with Gasteiger partial charge in [-0.15, -0.1) is 0 Å². The van der Waals surface area contributed by atoms with Gasteiger partial charge in [-0.1, -0.05) is 32.9 Å². The van der Waals surface area contributed by atoms with Crippen LogP contribution in [0.3, 0.4) is 0 Å². The van der Waals surface area contributed by atoms with E-state index in [2.05, 4.69) is 55.9 Å². The van der Waals surface area contributed by atoms with E-state index >= 15 is 0 Å². The zero-order chi connectivity index (χ0) is 13.3. The molecule has 3 nitrogen and oxygen atoms in total. The Labute approximate surface area is 108 Å². The van der Waals surface area contributed by atoms with Crippen LogP contribution in [-0.4, -0.2) is 17.1 Å². The van der Waals surface area contributed by atoms with E-state index in [1.165, 1.54) is 16.7 Å². The number of aromatic amines is 1. The van der Waals surface area contributed by atoms with Crippen molar-refractivity contribution in [1.82, 2.24) is 9.97 Å². The van der Waals surface area contributed by atoms with E-state index in [0.717, 1.165) is 5.69 Å². The molecule has 0 aliphatic carbocycles. The molecule has 1 heterocycles. The number of ether oxygens (including phenoxy) is 1. The van der Waals surface area contributed by atoms with E-state index in [4.69, 9.17) is 4.74 Å². The van der Waals surface area contributed by atoms with E-state index in [-0.39, 0.29) is 5.41 Å². The minimum atomic E-state index is 0.145. The summed E-state index contributed by atoms with van der Waals surface area (Å²) in [7, 11) is 1.61. The maximum atomic E-state index is 5.09. The van der Waals surface area contributed by atoms with Gasteiger partial charge in [-0.3, -0.25) is 0 Å². The Morgan fingerprint density at radius 2 is 1.94 bits per heavy atom. The third-order valence-corrected chi connectivity index (χ3v) is 3.14. The maximum absolute atomic E-state index is 5.09. The standard InChI is InChI=1S/C15H20N2O/c1-10-6-7-11(15(2,3)4)8-12(10)13-9-16-14(17-13)18-5/h6-9H,1-5H3,(H,16,17). The monoisotopic (exact) mass is 244 g/mol. The second kappa shape index (κ2) is 4.48. The summed E-state index contributed by atoms with van der Waals surface area (Å²) in [6.07, 6.45) is 1.81. The van der Waals surface area contributed by atoms with Crippen LogP contribution in [-0.2, 0) is 5.41 Å². The van der Waals surface area contributed by atoms with Gasteiger partial charge in [0.05, 0.1) is 19.0 Å². The highest BCUT2D eigenvalue weighted by molar-refractivity contribution is 5.64. The molecule has 0 saturated heterocycles. The first-order chi connectivity index (χ1) is 8.41. The zero-order valence-corrected chi connectivity index (χ0v) is 11.7. The van der Waals surface area contributed by atoms with Crippen molar-refractivity contribution in [2.24, 2.45) is 0 Å². The lowest BCUT2D eigenvalue weighted by atomic mass is 9.85. The van der Waals surface area contributed by atoms with E-state index < -0.39 is 0 Å². The summed E-state index contributed by atoms with van der Waals surface area (Å²) in [4.78, 5) is 7.33. The summed E-state index contributed by atoms with van der Waals surface area (Å²) in [6, 6.07) is 7.11. The maximum Gasteiger partial charge on any atom is 0.293 e. The average molecular weight is 244 g/mol. The number of aryl methyl sites for hydroxylation is 1. The van der Waals surface area contributed by atoms with E-state index in [1.807, 2.05) is 6.20 Å². The molecular formula is C15H20N2O. The van der Waals surface area contributed by atoms with Crippen LogP contribution >= 0.6 is 0 Å². The Hall–Kier alpha value is -1.77. The first-order valence-corrected chi connectivity index (χ1v) is 6.12. The van der Waals surface area contributed by atoms with Gasteiger partial charge in [0.2, 0.25) is 0 Å². The molecule has 3 heteroatoms. The Bertz CT molecular complexity index is 550. The van der Waals surface area contributed by atoms with Gasteiger partial charge >= 0.3 is 0 Å². The number of rotatable bonds is 2. The SMILES string of the molecule is COc1ncc(-c2cc(C(C)(C)C)ccc2C)[nH]1. The lowest BCUT2D eigenvalue weighted by Gasteiger charge is -2.20. The van der Waals surface area contributed by atoms with Gasteiger partial charge in [0, 0.05) is 5.56 Å². The van der Waals surface area contributed by atoms with Gasteiger partial charge in [-0.05, 0) is 29.5 Å². The predicted molar refractivity (Wildman–Crippen MR) is 74.0 cm³/mol. The molecule has 18 heavy (non-hydrogen) atoms. The van der Waals surface area contributed by atoms with Crippen LogP contribution in [0.2, 0.25) is 0 Å². The topological polar surface area (TPSA) is 37.9 Å². The van der Waals surface area contributed by atoms with Crippen LogP contribution in [0.4, 0.5) is 0 Å². The summed E-state index contributed by atoms with van der Waals surface area (Å²) in [6.45, 7) is 8.76. The van der Waals surface area contributed by atoms with E-state index in [9.17, 15) is 0 Å². The van der Waals surface area contributed by atoms with Crippen molar-refractivity contribution in [3.05, 3.63) is 35.5 Å². The molecular weight excluding hydrogens is 224 g/mol. The van der Waals surface area contributed by atoms with Gasteiger partial charge in [-0.2, -0.15) is 0 Å². The van der Waals surface area contributed by atoms with Gasteiger partial charge < -0.3 is 9.72 Å². The number of hydrogen-bond acceptors (Lipinski definition) is 2. The summed E-state index contributed by atoms with van der Waals surface area (Å²) >= 11 is 0. The van der Waals surface area contributed by atoms with Crippen LogP contribution in [0.15, 0.2) is 24.4 Å². The quantitative estimate of drug-likeness (QED) is 0.874. The number of H-pyrrole nitrogens is 1. The number of benzene rings is 1. The Balaban J connectivity index is 2.49. The molecule has 0 amide bonds. The highest BCUT2D eigenvalue weighted by Crippen LogP contribution is 2.29. The minimum absolute atomic E-state index is 0.145. The third-order valence-electron chi connectivity index (χ3n) is 3.14. The van der Waals surface area contributed by atoms with Crippen molar-refractivity contribution in [3.63, 3.8) is 0 Å². The average Bonchev–Trinajstić information content (AvgIpc) is 2.76. The number of imidazole rings is 1. The molecule has 1 aromatic carbocycles. The molecule has 0 unspecified atom stereocenters. The van der Waals surface area contributed by atoms with Crippen LogP contribution in [0.25, 0.3) is 11.3 Å². The van der Waals surface area contributed by atoms with Gasteiger partial charge in [-0.25, -0.2) is 4.98 Å². The largest absolute Gasteiger partial charge is 0.468 e. The Kier molecular flexibility index (Phi) is 3.16. The molecule has 0 aliphatic heterocycles. The lowest BCUT2D eigenvalue weighted by Crippen LogP contribution is -2.11. The minimum Gasteiger partial charge on any atom is -0.468 e.